The molecular formula is C16H29N3O2. The molecule has 0 amide bonds. The van der Waals surface area contributed by atoms with Crippen molar-refractivity contribution in [2.45, 2.75) is 26.3 Å². The highest BCUT2D eigenvalue weighted by molar-refractivity contribution is 5.41. The van der Waals surface area contributed by atoms with E-state index < -0.39 is 0 Å². The highest BCUT2D eigenvalue weighted by atomic mass is 16.5. The van der Waals surface area contributed by atoms with E-state index in [1.807, 2.05) is 6.20 Å². The van der Waals surface area contributed by atoms with E-state index in [9.17, 15) is 0 Å². The Balaban J connectivity index is 2.63. The van der Waals surface area contributed by atoms with Gasteiger partial charge in [-0.1, -0.05) is 6.92 Å². The molecule has 5 nitrogen and oxygen atoms in total. The zero-order valence-corrected chi connectivity index (χ0v) is 13.6. The third-order valence-corrected chi connectivity index (χ3v) is 3.23. The summed E-state index contributed by atoms with van der Waals surface area (Å²) in [6, 6.07) is 4.22. The summed E-state index contributed by atoms with van der Waals surface area (Å²) >= 11 is 0. The van der Waals surface area contributed by atoms with Gasteiger partial charge in [0.05, 0.1) is 6.61 Å². The quantitative estimate of drug-likeness (QED) is 0.598. The van der Waals surface area contributed by atoms with Crippen LogP contribution in [0.4, 0.5) is 5.82 Å². The predicted molar refractivity (Wildman–Crippen MR) is 86.8 cm³/mol. The Morgan fingerprint density at radius 2 is 2.00 bits per heavy atom. The van der Waals surface area contributed by atoms with E-state index in [0.29, 0.717) is 6.61 Å². The summed E-state index contributed by atoms with van der Waals surface area (Å²) in [4.78, 5) is 6.76. The fraction of sp³-hybridized carbons (Fsp3) is 0.688. The number of rotatable bonds is 12. The molecule has 0 spiro atoms. The summed E-state index contributed by atoms with van der Waals surface area (Å²) in [5.41, 5.74) is 1.27. The second-order valence-corrected chi connectivity index (χ2v) is 5.03. The summed E-state index contributed by atoms with van der Waals surface area (Å²) in [6.07, 6.45) is 4.02. The van der Waals surface area contributed by atoms with Gasteiger partial charge in [-0.2, -0.15) is 0 Å². The lowest BCUT2D eigenvalue weighted by atomic mass is 10.2. The Morgan fingerprint density at radius 1 is 1.19 bits per heavy atom. The SMILES string of the molecule is CCCNCc1ccnc(N(CCCOC)CCOC)c1. The van der Waals surface area contributed by atoms with Gasteiger partial charge in [0.2, 0.25) is 0 Å². The first-order chi connectivity index (χ1) is 10.3. The van der Waals surface area contributed by atoms with Gasteiger partial charge in [-0.05, 0) is 37.1 Å². The van der Waals surface area contributed by atoms with E-state index in [1.165, 1.54) is 5.56 Å². The summed E-state index contributed by atoms with van der Waals surface area (Å²) in [5, 5.41) is 3.42. The molecule has 120 valence electrons. The maximum atomic E-state index is 5.20. The maximum absolute atomic E-state index is 5.20. The molecule has 0 radical (unpaired) electrons. The molecule has 1 N–H and O–H groups in total. The topological polar surface area (TPSA) is 46.6 Å². The normalized spacial score (nSPS) is 10.8. The van der Waals surface area contributed by atoms with Crippen molar-refractivity contribution >= 4 is 5.82 Å². The molecule has 0 fully saturated rings. The van der Waals surface area contributed by atoms with E-state index in [4.69, 9.17) is 9.47 Å². The monoisotopic (exact) mass is 295 g/mol. The third-order valence-electron chi connectivity index (χ3n) is 3.23. The standard InChI is InChI=1S/C16H29N3O2/c1-4-7-17-14-15-6-8-18-16(13-15)19(10-12-21-3)9-5-11-20-2/h6,8,13,17H,4-5,7,9-12,14H2,1-3H3. The van der Waals surface area contributed by atoms with Gasteiger partial charge in [0.1, 0.15) is 5.82 Å². The van der Waals surface area contributed by atoms with Crippen molar-refractivity contribution in [1.29, 1.82) is 0 Å². The fourth-order valence-corrected chi connectivity index (χ4v) is 2.10. The highest BCUT2D eigenvalue weighted by Gasteiger charge is 2.08. The number of nitrogens with one attached hydrogen (secondary N) is 1. The van der Waals surface area contributed by atoms with Gasteiger partial charge in [-0.3, -0.25) is 0 Å². The van der Waals surface area contributed by atoms with Gasteiger partial charge in [0.25, 0.3) is 0 Å². The molecular weight excluding hydrogens is 266 g/mol. The first-order valence-corrected chi connectivity index (χ1v) is 7.70. The predicted octanol–water partition coefficient (Wildman–Crippen LogP) is 2.07. The molecule has 0 aliphatic heterocycles. The van der Waals surface area contributed by atoms with Gasteiger partial charge in [0, 0.05) is 46.7 Å². The van der Waals surface area contributed by atoms with Crippen LogP contribution in [-0.2, 0) is 16.0 Å². The number of ether oxygens (including phenoxy) is 2. The van der Waals surface area contributed by atoms with Crippen molar-refractivity contribution in [3.8, 4) is 0 Å². The van der Waals surface area contributed by atoms with Crippen LogP contribution in [0, 0.1) is 0 Å². The minimum Gasteiger partial charge on any atom is -0.385 e. The van der Waals surface area contributed by atoms with E-state index in [2.05, 4.69) is 34.3 Å². The van der Waals surface area contributed by atoms with E-state index >= 15 is 0 Å². The van der Waals surface area contributed by atoms with E-state index in [1.54, 1.807) is 14.2 Å². The molecule has 5 heteroatoms. The summed E-state index contributed by atoms with van der Waals surface area (Å²) in [5.74, 6) is 1.01. The number of hydrogen-bond acceptors (Lipinski definition) is 5. The van der Waals surface area contributed by atoms with Crippen molar-refractivity contribution in [3.05, 3.63) is 23.9 Å². The van der Waals surface area contributed by atoms with Crippen LogP contribution in [-0.4, -0.2) is 52.1 Å². The van der Waals surface area contributed by atoms with Gasteiger partial charge in [-0.25, -0.2) is 4.98 Å². The molecule has 1 rings (SSSR count). The molecule has 0 aliphatic rings. The first-order valence-electron chi connectivity index (χ1n) is 7.70. The van der Waals surface area contributed by atoms with Crippen molar-refractivity contribution in [2.75, 3.05) is 52.0 Å². The van der Waals surface area contributed by atoms with Crippen molar-refractivity contribution in [1.82, 2.24) is 10.3 Å². The molecule has 0 unspecified atom stereocenters. The van der Waals surface area contributed by atoms with Gasteiger partial charge >= 0.3 is 0 Å². The highest BCUT2D eigenvalue weighted by Crippen LogP contribution is 2.13. The molecule has 0 aliphatic carbocycles. The fourth-order valence-electron chi connectivity index (χ4n) is 2.10. The second-order valence-electron chi connectivity index (χ2n) is 5.03. The van der Waals surface area contributed by atoms with Crippen LogP contribution in [0.2, 0.25) is 0 Å². The summed E-state index contributed by atoms with van der Waals surface area (Å²) in [6.45, 7) is 7.34. The number of anilines is 1. The molecule has 1 aromatic rings. The van der Waals surface area contributed by atoms with Crippen molar-refractivity contribution < 1.29 is 9.47 Å². The van der Waals surface area contributed by atoms with Crippen LogP contribution >= 0.6 is 0 Å². The minimum absolute atomic E-state index is 0.701. The first kappa shape index (κ1) is 17.9. The Bertz CT molecular complexity index is 374. The molecule has 0 atom stereocenters. The van der Waals surface area contributed by atoms with Crippen LogP contribution in [0.15, 0.2) is 18.3 Å². The van der Waals surface area contributed by atoms with Crippen molar-refractivity contribution in [2.24, 2.45) is 0 Å². The average molecular weight is 295 g/mol. The van der Waals surface area contributed by atoms with Crippen LogP contribution in [0.25, 0.3) is 0 Å². The Hall–Kier alpha value is -1.17. The number of hydrogen-bond donors (Lipinski definition) is 1. The molecule has 1 heterocycles. The van der Waals surface area contributed by atoms with Gasteiger partial charge in [0.15, 0.2) is 0 Å². The van der Waals surface area contributed by atoms with Gasteiger partial charge < -0.3 is 19.7 Å². The number of methoxy groups -OCH3 is 2. The Kier molecular flexibility index (Phi) is 9.78. The number of nitrogens with zero attached hydrogens (tertiary/aromatic N) is 2. The van der Waals surface area contributed by atoms with E-state index in [0.717, 1.165) is 51.4 Å². The zero-order chi connectivity index (χ0) is 15.3. The number of pyridine rings is 1. The molecule has 0 saturated heterocycles. The third kappa shape index (κ3) is 7.41. The van der Waals surface area contributed by atoms with Crippen LogP contribution < -0.4 is 10.2 Å². The average Bonchev–Trinajstić information content (AvgIpc) is 2.51. The number of aromatic nitrogens is 1. The van der Waals surface area contributed by atoms with Gasteiger partial charge in [-0.15, -0.1) is 0 Å². The molecule has 1 aromatic heterocycles. The molecule has 0 aromatic carbocycles. The lowest BCUT2D eigenvalue weighted by Crippen LogP contribution is -2.30. The smallest absolute Gasteiger partial charge is 0.128 e. The molecule has 0 saturated carbocycles. The van der Waals surface area contributed by atoms with Crippen LogP contribution in [0.3, 0.4) is 0 Å². The summed E-state index contributed by atoms with van der Waals surface area (Å²) in [7, 11) is 3.46. The van der Waals surface area contributed by atoms with Crippen LogP contribution in [0.1, 0.15) is 25.3 Å². The maximum Gasteiger partial charge on any atom is 0.128 e. The molecule has 0 bridgehead atoms. The summed E-state index contributed by atoms with van der Waals surface area (Å²) < 4.78 is 10.3. The van der Waals surface area contributed by atoms with Crippen LogP contribution in [0.5, 0.6) is 0 Å². The largest absolute Gasteiger partial charge is 0.385 e. The Morgan fingerprint density at radius 3 is 2.71 bits per heavy atom. The van der Waals surface area contributed by atoms with E-state index in [-0.39, 0.29) is 0 Å². The van der Waals surface area contributed by atoms with Crippen molar-refractivity contribution in [3.63, 3.8) is 0 Å². The minimum atomic E-state index is 0.701. The molecule has 21 heavy (non-hydrogen) atoms. The lowest BCUT2D eigenvalue weighted by Gasteiger charge is -2.23. The second kappa shape index (κ2) is 11.5. The lowest BCUT2D eigenvalue weighted by molar-refractivity contribution is 0.191. The Labute approximate surface area is 128 Å². The zero-order valence-electron chi connectivity index (χ0n) is 13.6.